The average Bonchev–Trinajstić information content (AvgIpc) is 3.39. The van der Waals surface area contributed by atoms with Crippen LogP contribution in [-0.4, -0.2) is 89.6 Å². The van der Waals surface area contributed by atoms with Gasteiger partial charge in [-0.2, -0.15) is 4.68 Å². The maximum atomic E-state index is 13.3. The number of benzene rings is 3. The van der Waals surface area contributed by atoms with Gasteiger partial charge in [0.05, 0.1) is 5.52 Å². The summed E-state index contributed by atoms with van der Waals surface area (Å²) in [6.45, 7) is 12.2. The van der Waals surface area contributed by atoms with Crippen LogP contribution in [0, 0.1) is 0 Å². The minimum atomic E-state index is -0.716. The first-order chi connectivity index (χ1) is 22.1. The Morgan fingerprint density at radius 1 is 0.891 bits per heavy atom. The molecule has 0 atom stereocenters. The predicted octanol–water partition coefficient (Wildman–Crippen LogP) is 5.87. The molecule has 0 unspecified atom stereocenters. The number of nitrogens with zero attached hydrogens (tertiary/aromatic N) is 5. The molecule has 0 spiro atoms. The van der Waals surface area contributed by atoms with E-state index in [2.05, 4.69) is 56.4 Å². The second-order valence-electron chi connectivity index (χ2n) is 13.3. The summed E-state index contributed by atoms with van der Waals surface area (Å²) in [6, 6.07) is 23.7. The van der Waals surface area contributed by atoms with Gasteiger partial charge in [0.15, 0.2) is 5.82 Å². The van der Waals surface area contributed by atoms with Crippen LogP contribution in [0.4, 0.5) is 16.3 Å². The second-order valence-corrected chi connectivity index (χ2v) is 13.3. The van der Waals surface area contributed by atoms with Gasteiger partial charge in [0.1, 0.15) is 17.5 Å². The summed E-state index contributed by atoms with van der Waals surface area (Å²) in [5.74, 6) is 0.633. The molecule has 2 aliphatic rings. The molecule has 6 rings (SSSR count). The number of aromatic nitrogens is 2. The minimum Gasteiger partial charge on any atom is -0.490 e. The molecule has 0 aliphatic carbocycles. The van der Waals surface area contributed by atoms with E-state index in [0.29, 0.717) is 22.2 Å². The van der Waals surface area contributed by atoms with Gasteiger partial charge in [-0.1, -0.05) is 30.3 Å². The number of carbonyl (C=O) groups is 2. The number of ether oxygens (including phenoxy) is 2. The zero-order valence-electron chi connectivity index (χ0n) is 27.2. The SMILES string of the molecule is CN1CCN(c2ccc(C(=O)Nc3nn(C(=O)OC(C)(C)C)c4cc(OC5CCN(Cc6ccccc6)CC5)ccc34)cc2)CC1. The summed E-state index contributed by atoms with van der Waals surface area (Å²) in [7, 11) is 2.13. The zero-order valence-corrected chi connectivity index (χ0v) is 27.2. The highest BCUT2D eigenvalue weighted by Gasteiger charge is 2.25. The van der Waals surface area contributed by atoms with Crippen LogP contribution in [0.25, 0.3) is 10.9 Å². The smallest absolute Gasteiger partial charge is 0.435 e. The molecule has 1 aromatic heterocycles. The van der Waals surface area contributed by atoms with Gasteiger partial charge in [-0.3, -0.25) is 9.69 Å². The Balaban J connectivity index is 1.17. The summed E-state index contributed by atoms with van der Waals surface area (Å²) >= 11 is 0. The monoisotopic (exact) mass is 624 g/mol. The van der Waals surface area contributed by atoms with Crippen molar-refractivity contribution in [2.24, 2.45) is 0 Å². The van der Waals surface area contributed by atoms with Gasteiger partial charge in [0, 0.05) is 68.5 Å². The van der Waals surface area contributed by atoms with E-state index in [-0.39, 0.29) is 17.8 Å². The van der Waals surface area contributed by atoms with E-state index in [0.717, 1.165) is 64.3 Å². The standard InChI is InChI=1S/C36H44N6O4/c1-36(2,3)46-35(44)42-32-24-30(45-29-16-18-40(19-17-29)25-26-8-6-5-7-9-26)14-15-31(32)33(38-42)37-34(43)27-10-12-28(13-11-27)41-22-20-39(4)21-23-41/h5-15,24,29H,16-23,25H2,1-4H3,(H,37,38,43). The van der Waals surface area contributed by atoms with E-state index in [4.69, 9.17) is 9.47 Å². The predicted molar refractivity (Wildman–Crippen MR) is 181 cm³/mol. The lowest BCUT2D eigenvalue weighted by molar-refractivity contribution is 0.0522. The highest BCUT2D eigenvalue weighted by molar-refractivity contribution is 6.09. The largest absolute Gasteiger partial charge is 0.490 e. The number of hydrogen-bond donors (Lipinski definition) is 1. The van der Waals surface area contributed by atoms with E-state index in [1.54, 1.807) is 0 Å². The van der Waals surface area contributed by atoms with Crippen LogP contribution >= 0.6 is 0 Å². The van der Waals surface area contributed by atoms with Crippen LogP contribution in [0.15, 0.2) is 72.8 Å². The van der Waals surface area contributed by atoms with Gasteiger partial charge in [0.2, 0.25) is 0 Å². The van der Waals surface area contributed by atoms with Gasteiger partial charge in [-0.05, 0) is 82.6 Å². The van der Waals surface area contributed by atoms with Gasteiger partial charge >= 0.3 is 6.09 Å². The van der Waals surface area contributed by atoms with E-state index in [9.17, 15) is 9.59 Å². The van der Waals surface area contributed by atoms with Crippen molar-refractivity contribution in [3.8, 4) is 5.75 Å². The number of piperazine rings is 1. The molecule has 242 valence electrons. The summed E-state index contributed by atoms with van der Waals surface area (Å²) < 4.78 is 13.3. The number of piperidine rings is 1. The molecule has 0 radical (unpaired) electrons. The third-order valence-corrected chi connectivity index (χ3v) is 8.54. The number of fused-ring (bicyclic) bond motifs is 1. The van der Waals surface area contributed by atoms with Gasteiger partial charge in [-0.25, -0.2) is 4.79 Å². The number of likely N-dealkylation sites (tertiary alicyclic amines) is 1. The fourth-order valence-electron chi connectivity index (χ4n) is 5.99. The van der Waals surface area contributed by atoms with Crippen LogP contribution < -0.4 is 15.0 Å². The van der Waals surface area contributed by atoms with Crippen LogP contribution in [0.5, 0.6) is 5.75 Å². The molecule has 2 aliphatic heterocycles. The van der Waals surface area contributed by atoms with Crippen molar-refractivity contribution >= 4 is 34.4 Å². The van der Waals surface area contributed by atoms with Gasteiger partial charge < -0.3 is 24.6 Å². The molecule has 3 heterocycles. The first kappa shape index (κ1) is 31.6. The summed E-state index contributed by atoms with van der Waals surface area (Å²) in [4.78, 5) is 33.7. The fraction of sp³-hybridized carbons (Fsp3) is 0.417. The van der Waals surface area contributed by atoms with Crippen LogP contribution in [0.1, 0.15) is 49.5 Å². The molecule has 1 N–H and O–H groups in total. The first-order valence-electron chi connectivity index (χ1n) is 16.2. The molecule has 2 saturated heterocycles. The Morgan fingerprint density at radius 3 is 2.26 bits per heavy atom. The number of carbonyl (C=O) groups excluding carboxylic acids is 2. The van der Waals surface area contributed by atoms with Gasteiger partial charge in [-0.15, -0.1) is 5.10 Å². The molecular weight excluding hydrogens is 580 g/mol. The van der Waals surface area contributed by atoms with Crippen molar-refractivity contribution in [2.75, 3.05) is 56.5 Å². The molecule has 0 saturated carbocycles. The van der Waals surface area contributed by atoms with Crippen molar-refractivity contribution in [3.63, 3.8) is 0 Å². The topological polar surface area (TPSA) is 92.2 Å². The lowest BCUT2D eigenvalue weighted by Crippen LogP contribution is -2.44. The van der Waals surface area contributed by atoms with E-state index >= 15 is 0 Å². The van der Waals surface area contributed by atoms with Crippen molar-refractivity contribution in [1.82, 2.24) is 19.6 Å². The normalized spacial score (nSPS) is 16.8. The summed E-state index contributed by atoms with van der Waals surface area (Å²) in [6.07, 6.45) is 1.26. The van der Waals surface area contributed by atoms with Crippen molar-refractivity contribution in [2.45, 2.75) is 51.9 Å². The third-order valence-electron chi connectivity index (χ3n) is 8.54. The maximum Gasteiger partial charge on any atom is 0.435 e. The van der Waals surface area contributed by atoms with Crippen molar-refractivity contribution in [3.05, 3.63) is 83.9 Å². The van der Waals surface area contributed by atoms with Crippen LogP contribution in [-0.2, 0) is 11.3 Å². The molecule has 10 nitrogen and oxygen atoms in total. The Bertz CT molecular complexity index is 1650. The van der Waals surface area contributed by atoms with E-state index < -0.39 is 11.7 Å². The van der Waals surface area contributed by atoms with E-state index in [1.165, 1.54) is 10.2 Å². The zero-order chi connectivity index (χ0) is 32.3. The lowest BCUT2D eigenvalue weighted by Gasteiger charge is -2.34. The lowest BCUT2D eigenvalue weighted by atomic mass is 10.1. The van der Waals surface area contributed by atoms with E-state index in [1.807, 2.05) is 69.3 Å². The molecule has 3 aromatic carbocycles. The molecule has 1 amide bonds. The number of hydrogen-bond acceptors (Lipinski definition) is 8. The highest BCUT2D eigenvalue weighted by atomic mass is 16.6. The second kappa shape index (κ2) is 13.5. The molecule has 4 aromatic rings. The van der Waals surface area contributed by atoms with Crippen LogP contribution in [0.2, 0.25) is 0 Å². The number of amides is 1. The molecule has 46 heavy (non-hydrogen) atoms. The Hall–Kier alpha value is -4.41. The third kappa shape index (κ3) is 7.68. The summed E-state index contributed by atoms with van der Waals surface area (Å²) in [5.41, 5.74) is 2.71. The highest BCUT2D eigenvalue weighted by Crippen LogP contribution is 2.30. The average molecular weight is 625 g/mol. The number of nitrogens with one attached hydrogen (secondary N) is 1. The van der Waals surface area contributed by atoms with Gasteiger partial charge in [0.25, 0.3) is 5.91 Å². The number of anilines is 2. The summed E-state index contributed by atoms with van der Waals surface area (Å²) in [5, 5.41) is 8.06. The Kier molecular flexibility index (Phi) is 9.28. The molecular formula is C36H44N6O4. The number of rotatable bonds is 7. The Morgan fingerprint density at radius 2 is 1.59 bits per heavy atom. The van der Waals surface area contributed by atoms with Crippen molar-refractivity contribution < 1.29 is 19.1 Å². The fourth-order valence-corrected chi connectivity index (χ4v) is 5.99. The molecule has 0 bridgehead atoms. The Labute approximate surface area is 270 Å². The number of likely N-dealkylation sites (N-methyl/N-ethyl adjacent to an activating group) is 1. The minimum absolute atomic E-state index is 0.0652. The van der Waals surface area contributed by atoms with Crippen molar-refractivity contribution in [1.29, 1.82) is 0 Å². The first-order valence-corrected chi connectivity index (χ1v) is 16.2. The quantitative estimate of drug-likeness (QED) is 0.273. The van der Waals surface area contributed by atoms with Crippen LogP contribution in [0.3, 0.4) is 0 Å². The maximum absolute atomic E-state index is 13.3. The molecule has 10 heteroatoms. The molecule has 2 fully saturated rings.